The molecule has 0 aromatic carbocycles. The molecule has 112 valence electrons. The summed E-state index contributed by atoms with van der Waals surface area (Å²) in [4.78, 5) is 9.82. The second kappa shape index (κ2) is 6.64. The number of nitrogens with one attached hydrogen (secondary N) is 1. The second-order valence-corrected chi connectivity index (χ2v) is 6.02. The summed E-state index contributed by atoms with van der Waals surface area (Å²) in [5, 5.41) is 16.3. The Balaban J connectivity index is 2.12. The van der Waals surface area contributed by atoms with Crippen molar-refractivity contribution in [2.24, 2.45) is 10.9 Å². The SMILES string of the molecule is Cc1nc(C)c(C(C)NCc2cccnc2C(N)=NO)s1. The van der Waals surface area contributed by atoms with E-state index < -0.39 is 0 Å². The standard InChI is InChI=1S/C14H19N5OS/c1-8(13-9(2)18-10(3)21-13)17-7-11-5-4-6-16-12(11)14(15)19-20/h4-6,8,17,20H,7H2,1-3H3,(H2,15,19). The van der Waals surface area contributed by atoms with Crippen LogP contribution in [-0.2, 0) is 6.54 Å². The van der Waals surface area contributed by atoms with Gasteiger partial charge in [0, 0.05) is 23.7 Å². The monoisotopic (exact) mass is 305 g/mol. The molecule has 1 atom stereocenters. The predicted octanol–water partition coefficient (Wildman–Crippen LogP) is 2.10. The number of rotatable bonds is 5. The lowest BCUT2D eigenvalue weighted by molar-refractivity contribution is 0.318. The first kappa shape index (κ1) is 15.4. The molecule has 0 amide bonds. The zero-order chi connectivity index (χ0) is 15.4. The molecule has 2 heterocycles. The van der Waals surface area contributed by atoms with Crippen LogP contribution in [-0.4, -0.2) is 21.0 Å². The quantitative estimate of drug-likeness (QED) is 0.340. The Morgan fingerprint density at radius 1 is 1.52 bits per heavy atom. The highest BCUT2D eigenvalue weighted by Crippen LogP contribution is 2.24. The topological polar surface area (TPSA) is 96.4 Å². The molecule has 0 aliphatic rings. The van der Waals surface area contributed by atoms with Crippen LogP contribution in [0.25, 0.3) is 0 Å². The van der Waals surface area contributed by atoms with Gasteiger partial charge in [0.2, 0.25) is 0 Å². The smallest absolute Gasteiger partial charge is 0.189 e. The van der Waals surface area contributed by atoms with Gasteiger partial charge in [-0.15, -0.1) is 11.3 Å². The lowest BCUT2D eigenvalue weighted by Gasteiger charge is -2.14. The van der Waals surface area contributed by atoms with Crippen molar-refractivity contribution in [1.82, 2.24) is 15.3 Å². The van der Waals surface area contributed by atoms with Gasteiger partial charge in [-0.1, -0.05) is 11.2 Å². The average Bonchev–Trinajstić information content (AvgIpc) is 2.83. The van der Waals surface area contributed by atoms with Crippen molar-refractivity contribution < 1.29 is 5.21 Å². The molecule has 6 nitrogen and oxygen atoms in total. The summed E-state index contributed by atoms with van der Waals surface area (Å²) in [5.41, 5.74) is 8.08. The van der Waals surface area contributed by atoms with Crippen molar-refractivity contribution in [3.63, 3.8) is 0 Å². The van der Waals surface area contributed by atoms with Crippen molar-refractivity contribution in [3.8, 4) is 0 Å². The fraction of sp³-hybridized carbons (Fsp3) is 0.357. The van der Waals surface area contributed by atoms with Gasteiger partial charge in [0.15, 0.2) is 5.84 Å². The zero-order valence-corrected chi connectivity index (χ0v) is 13.1. The van der Waals surface area contributed by atoms with Gasteiger partial charge in [0.1, 0.15) is 5.69 Å². The van der Waals surface area contributed by atoms with E-state index in [9.17, 15) is 0 Å². The molecule has 0 bridgehead atoms. The Morgan fingerprint density at radius 3 is 2.90 bits per heavy atom. The first-order chi connectivity index (χ1) is 10.0. The van der Waals surface area contributed by atoms with E-state index >= 15 is 0 Å². The van der Waals surface area contributed by atoms with E-state index in [1.54, 1.807) is 17.5 Å². The molecule has 7 heteroatoms. The third-order valence-electron chi connectivity index (χ3n) is 3.17. The van der Waals surface area contributed by atoms with Gasteiger partial charge in [-0.25, -0.2) is 4.98 Å². The number of amidine groups is 1. The lowest BCUT2D eigenvalue weighted by Crippen LogP contribution is -2.23. The number of pyridine rings is 1. The third kappa shape index (κ3) is 3.56. The van der Waals surface area contributed by atoms with Gasteiger partial charge in [0.25, 0.3) is 0 Å². The molecule has 0 radical (unpaired) electrons. The van der Waals surface area contributed by atoms with E-state index in [4.69, 9.17) is 10.9 Å². The first-order valence-electron chi connectivity index (χ1n) is 6.62. The molecule has 21 heavy (non-hydrogen) atoms. The molecular formula is C14H19N5OS. The van der Waals surface area contributed by atoms with Gasteiger partial charge in [-0.2, -0.15) is 0 Å². The fourth-order valence-corrected chi connectivity index (χ4v) is 3.12. The maximum Gasteiger partial charge on any atom is 0.189 e. The van der Waals surface area contributed by atoms with E-state index in [0.717, 1.165) is 16.3 Å². The molecule has 0 fully saturated rings. The maximum atomic E-state index is 8.80. The number of hydrogen-bond acceptors (Lipinski definition) is 6. The highest BCUT2D eigenvalue weighted by molar-refractivity contribution is 7.11. The van der Waals surface area contributed by atoms with Gasteiger partial charge < -0.3 is 16.3 Å². The van der Waals surface area contributed by atoms with Crippen LogP contribution in [0.1, 0.15) is 39.8 Å². The Bertz CT molecular complexity index is 653. The molecule has 0 aliphatic carbocycles. The van der Waals surface area contributed by atoms with E-state index in [1.807, 2.05) is 26.0 Å². The van der Waals surface area contributed by atoms with Crippen LogP contribution in [0.2, 0.25) is 0 Å². The number of thiazole rings is 1. The minimum atomic E-state index is 0.0184. The minimum absolute atomic E-state index is 0.0184. The average molecular weight is 305 g/mol. The highest BCUT2D eigenvalue weighted by Gasteiger charge is 2.14. The number of aromatic nitrogens is 2. The van der Waals surface area contributed by atoms with Crippen molar-refractivity contribution in [3.05, 3.63) is 45.2 Å². The number of nitrogens with two attached hydrogens (primary N) is 1. The molecule has 0 spiro atoms. The Morgan fingerprint density at radius 2 is 2.29 bits per heavy atom. The summed E-state index contributed by atoms with van der Waals surface area (Å²) >= 11 is 1.69. The van der Waals surface area contributed by atoms with E-state index in [0.29, 0.717) is 12.2 Å². The number of oxime groups is 1. The van der Waals surface area contributed by atoms with Crippen LogP contribution >= 0.6 is 11.3 Å². The normalized spacial score (nSPS) is 13.4. The highest BCUT2D eigenvalue weighted by atomic mass is 32.1. The molecule has 1 unspecified atom stereocenters. The van der Waals surface area contributed by atoms with Crippen LogP contribution in [0.4, 0.5) is 0 Å². The van der Waals surface area contributed by atoms with Crippen molar-refractivity contribution in [2.75, 3.05) is 0 Å². The molecule has 2 rings (SSSR count). The predicted molar refractivity (Wildman–Crippen MR) is 83.6 cm³/mol. The summed E-state index contributed by atoms with van der Waals surface area (Å²) in [6.07, 6.45) is 1.62. The van der Waals surface area contributed by atoms with Crippen LogP contribution in [0.15, 0.2) is 23.5 Å². The van der Waals surface area contributed by atoms with Gasteiger partial charge in [0.05, 0.1) is 10.7 Å². The molecule has 0 aliphatic heterocycles. The molecule has 4 N–H and O–H groups in total. The Labute approximate surface area is 127 Å². The largest absolute Gasteiger partial charge is 0.409 e. The van der Waals surface area contributed by atoms with Crippen LogP contribution < -0.4 is 11.1 Å². The third-order valence-corrected chi connectivity index (χ3v) is 4.43. The summed E-state index contributed by atoms with van der Waals surface area (Å²) in [5.74, 6) is 0.0184. The van der Waals surface area contributed by atoms with Crippen molar-refractivity contribution in [2.45, 2.75) is 33.4 Å². The summed E-state index contributed by atoms with van der Waals surface area (Å²) in [7, 11) is 0. The van der Waals surface area contributed by atoms with Gasteiger partial charge in [-0.3, -0.25) is 4.98 Å². The van der Waals surface area contributed by atoms with Crippen molar-refractivity contribution >= 4 is 17.2 Å². The van der Waals surface area contributed by atoms with E-state index in [-0.39, 0.29) is 11.9 Å². The van der Waals surface area contributed by atoms with Gasteiger partial charge in [-0.05, 0) is 32.4 Å². The van der Waals surface area contributed by atoms with Crippen LogP contribution in [0, 0.1) is 13.8 Å². The second-order valence-electron chi connectivity index (χ2n) is 4.78. The number of nitrogens with zero attached hydrogens (tertiary/aromatic N) is 3. The Hall–Kier alpha value is -1.99. The minimum Gasteiger partial charge on any atom is -0.409 e. The number of hydrogen-bond donors (Lipinski definition) is 3. The zero-order valence-electron chi connectivity index (χ0n) is 12.3. The lowest BCUT2D eigenvalue weighted by atomic mass is 10.1. The number of aryl methyl sites for hydroxylation is 2. The van der Waals surface area contributed by atoms with E-state index in [2.05, 4.69) is 27.4 Å². The Kier molecular flexibility index (Phi) is 4.87. The van der Waals surface area contributed by atoms with Crippen LogP contribution in [0.3, 0.4) is 0 Å². The molecule has 2 aromatic rings. The molecule has 0 saturated heterocycles. The molecular weight excluding hydrogens is 286 g/mol. The maximum absolute atomic E-state index is 8.80. The molecule has 0 saturated carbocycles. The summed E-state index contributed by atoms with van der Waals surface area (Å²) < 4.78 is 0. The van der Waals surface area contributed by atoms with Crippen LogP contribution in [0.5, 0.6) is 0 Å². The summed E-state index contributed by atoms with van der Waals surface area (Å²) in [6.45, 7) is 6.70. The fourth-order valence-electron chi connectivity index (χ4n) is 2.16. The van der Waals surface area contributed by atoms with Gasteiger partial charge >= 0.3 is 0 Å². The first-order valence-corrected chi connectivity index (χ1v) is 7.43. The van der Waals surface area contributed by atoms with E-state index in [1.165, 1.54) is 4.88 Å². The van der Waals surface area contributed by atoms with Crippen molar-refractivity contribution in [1.29, 1.82) is 0 Å². The molecule has 2 aromatic heterocycles. The summed E-state index contributed by atoms with van der Waals surface area (Å²) in [6, 6.07) is 3.92.